The average Bonchev–Trinajstić information content (AvgIpc) is 3.21. The number of hydrogen-bond acceptors (Lipinski definition) is 6. The van der Waals surface area contributed by atoms with Gasteiger partial charge < -0.3 is 14.3 Å². The number of piperazine rings is 1. The normalized spacial score (nSPS) is 15.2. The lowest BCUT2D eigenvalue weighted by atomic mass is 10.1. The van der Waals surface area contributed by atoms with E-state index in [0.29, 0.717) is 18.8 Å². The van der Waals surface area contributed by atoms with Gasteiger partial charge >= 0.3 is 0 Å². The molecule has 130 valence electrons. The van der Waals surface area contributed by atoms with E-state index in [4.69, 9.17) is 9.51 Å². The minimum absolute atomic E-state index is 0.0870. The minimum atomic E-state index is -0.0870. The van der Waals surface area contributed by atoms with Crippen LogP contribution in [0.2, 0.25) is 0 Å². The van der Waals surface area contributed by atoms with E-state index in [1.54, 1.807) is 17.4 Å². The second kappa shape index (κ2) is 6.15. The van der Waals surface area contributed by atoms with Crippen molar-refractivity contribution in [2.45, 2.75) is 20.8 Å². The number of rotatable bonds is 2. The zero-order valence-corrected chi connectivity index (χ0v) is 15.4. The first kappa shape index (κ1) is 16.1. The summed E-state index contributed by atoms with van der Waals surface area (Å²) in [6, 6.07) is 6.05. The number of carbonyl (C=O) groups excluding carboxylic acids is 1. The fourth-order valence-electron chi connectivity index (χ4n) is 3.22. The van der Waals surface area contributed by atoms with Gasteiger partial charge in [0.1, 0.15) is 0 Å². The van der Waals surface area contributed by atoms with Crippen molar-refractivity contribution < 1.29 is 9.32 Å². The molecule has 1 aliphatic heterocycles. The first-order chi connectivity index (χ1) is 12.0. The highest BCUT2D eigenvalue weighted by atomic mass is 32.1. The number of amides is 1. The van der Waals surface area contributed by atoms with Crippen LogP contribution >= 0.6 is 11.3 Å². The number of aromatic nitrogens is 2. The molecule has 1 fully saturated rings. The minimum Gasteiger partial charge on any atom is -0.351 e. The lowest BCUT2D eigenvalue weighted by molar-refractivity contribution is 0.0704. The number of aryl methyl sites for hydroxylation is 3. The fourth-order valence-corrected chi connectivity index (χ4v) is 4.41. The van der Waals surface area contributed by atoms with E-state index in [2.05, 4.69) is 36.0 Å². The van der Waals surface area contributed by atoms with Crippen molar-refractivity contribution in [3.63, 3.8) is 0 Å². The van der Waals surface area contributed by atoms with Crippen molar-refractivity contribution in [3.8, 4) is 0 Å². The Morgan fingerprint density at radius 2 is 1.88 bits per heavy atom. The van der Waals surface area contributed by atoms with Gasteiger partial charge in [0, 0.05) is 32.2 Å². The summed E-state index contributed by atoms with van der Waals surface area (Å²) >= 11 is 1.72. The fraction of sp³-hybridized carbons (Fsp3) is 0.389. The Labute approximate surface area is 150 Å². The Morgan fingerprint density at radius 1 is 1.12 bits per heavy atom. The third-order valence-corrected chi connectivity index (χ3v) is 5.56. The summed E-state index contributed by atoms with van der Waals surface area (Å²) in [7, 11) is 0. The topological polar surface area (TPSA) is 62.5 Å². The summed E-state index contributed by atoms with van der Waals surface area (Å²) in [6.45, 7) is 8.90. The van der Waals surface area contributed by atoms with E-state index in [1.807, 2.05) is 11.8 Å². The molecule has 0 atom stereocenters. The lowest BCUT2D eigenvalue weighted by Gasteiger charge is -2.33. The SMILES string of the molecule is Cc1cc(C)c2nc(N3CCN(C(=O)c4cc(C)no4)CC3)sc2c1. The first-order valence-corrected chi connectivity index (χ1v) is 9.18. The molecule has 0 aliphatic carbocycles. The van der Waals surface area contributed by atoms with Gasteiger partial charge in [-0.1, -0.05) is 22.6 Å². The van der Waals surface area contributed by atoms with Crippen LogP contribution in [0.25, 0.3) is 10.2 Å². The highest BCUT2D eigenvalue weighted by Crippen LogP contribution is 2.32. The van der Waals surface area contributed by atoms with E-state index >= 15 is 0 Å². The van der Waals surface area contributed by atoms with Crippen LogP contribution in [0.3, 0.4) is 0 Å². The van der Waals surface area contributed by atoms with Crippen LogP contribution in [-0.2, 0) is 0 Å². The van der Waals surface area contributed by atoms with E-state index in [1.165, 1.54) is 15.8 Å². The molecule has 0 saturated carbocycles. The van der Waals surface area contributed by atoms with E-state index in [9.17, 15) is 4.79 Å². The maximum atomic E-state index is 12.4. The maximum Gasteiger partial charge on any atom is 0.292 e. The summed E-state index contributed by atoms with van der Waals surface area (Å²) in [6.07, 6.45) is 0. The second-order valence-corrected chi connectivity index (χ2v) is 7.55. The molecule has 2 aromatic heterocycles. The molecule has 0 unspecified atom stereocenters. The van der Waals surface area contributed by atoms with Gasteiger partial charge in [-0.15, -0.1) is 0 Å². The van der Waals surface area contributed by atoms with Crippen LogP contribution in [0, 0.1) is 20.8 Å². The summed E-state index contributed by atoms with van der Waals surface area (Å²) in [5, 5.41) is 4.83. The van der Waals surface area contributed by atoms with Gasteiger partial charge in [-0.3, -0.25) is 4.79 Å². The van der Waals surface area contributed by atoms with E-state index in [0.717, 1.165) is 29.4 Å². The van der Waals surface area contributed by atoms with Crippen LogP contribution in [-0.4, -0.2) is 47.1 Å². The number of carbonyl (C=O) groups is 1. The quantitative estimate of drug-likeness (QED) is 0.706. The Balaban J connectivity index is 1.48. The Morgan fingerprint density at radius 3 is 2.56 bits per heavy atom. The third-order valence-electron chi connectivity index (χ3n) is 4.49. The van der Waals surface area contributed by atoms with Crippen molar-refractivity contribution in [3.05, 3.63) is 40.8 Å². The summed E-state index contributed by atoms with van der Waals surface area (Å²) in [5.74, 6) is 0.230. The monoisotopic (exact) mass is 356 g/mol. The Bertz CT molecular complexity index is 938. The van der Waals surface area contributed by atoms with Crippen molar-refractivity contribution in [1.82, 2.24) is 15.0 Å². The van der Waals surface area contributed by atoms with E-state index in [-0.39, 0.29) is 5.91 Å². The molecular formula is C18H20N4O2S. The standard InChI is InChI=1S/C18H20N4O2S/c1-11-8-12(2)16-15(9-11)25-18(19-16)22-6-4-21(5-7-22)17(23)14-10-13(3)20-24-14/h8-10H,4-7H2,1-3H3. The molecule has 0 radical (unpaired) electrons. The predicted molar refractivity (Wildman–Crippen MR) is 98.5 cm³/mol. The molecule has 3 heterocycles. The average molecular weight is 356 g/mol. The number of hydrogen-bond donors (Lipinski definition) is 0. The van der Waals surface area contributed by atoms with Crippen molar-refractivity contribution in [2.75, 3.05) is 31.1 Å². The van der Waals surface area contributed by atoms with Crippen molar-refractivity contribution in [2.24, 2.45) is 0 Å². The summed E-state index contributed by atoms with van der Waals surface area (Å²) in [5.41, 5.74) is 4.29. The van der Waals surface area contributed by atoms with Gasteiger partial charge in [0.25, 0.3) is 5.91 Å². The molecule has 1 aliphatic rings. The predicted octanol–water partition coefficient (Wildman–Crippen LogP) is 3.17. The van der Waals surface area contributed by atoms with Crippen LogP contribution < -0.4 is 4.90 Å². The molecule has 4 rings (SSSR count). The van der Waals surface area contributed by atoms with Gasteiger partial charge in [-0.05, 0) is 38.0 Å². The van der Waals surface area contributed by atoms with Gasteiger partial charge in [0.15, 0.2) is 5.13 Å². The van der Waals surface area contributed by atoms with Crippen LogP contribution in [0.4, 0.5) is 5.13 Å². The number of nitrogens with zero attached hydrogens (tertiary/aromatic N) is 4. The van der Waals surface area contributed by atoms with Gasteiger partial charge in [-0.2, -0.15) is 0 Å². The highest BCUT2D eigenvalue weighted by Gasteiger charge is 2.26. The van der Waals surface area contributed by atoms with Crippen molar-refractivity contribution >= 4 is 32.6 Å². The molecule has 0 bridgehead atoms. The van der Waals surface area contributed by atoms with Crippen LogP contribution in [0.15, 0.2) is 22.7 Å². The molecule has 0 spiro atoms. The lowest BCUT2D eigenvalue weighted by Crippen LogP contribution is -2.48. The molecular weight excluding hydrogens is 336 g/mol. The second-order valence-electron chi connectivity index (χ2n) is 6.54. The smallest absolute Gasteiger partial charge is 0.292 e. The largest absolute Gasteiger partial charge is 0.351 e. The zero-order valence-electron chi connectivity index (χ0n) is 14.6. The third kappa shape index (κ3) is 3.00. The molecule has 0 N–H and O–H groups in total. The first-order valence-electron chi connectivity index (χ1n) is 8.36. The van der Waals surface area contributed by atoms with Crippen LogP contribution in [0.1, 0.15) is 27.4 Å². The molecule has 7 heteroatoms. The number of benzene rings is 1. The molecule has 1 aromatic carbocycles. The molecule has 1 amide bonds. The Hall–Kier alpha value is -2.41. The van der Waals surface area contributed by atoms with Crippen LogP contribution in [0.5, 0.6) is 0 Å². The number of fused-ring (bicyclic) bond motifs is 1. The summed E-state index contributed by atoms with van der Waals surface area (Å²) in [4.78, 5) is 21.3. The maximum absolute atomic E-state index is 12.4. The Kier molecular flexibility index (Phi) is 3.95. The zero-order chi connectivity index (χ0) is 17.6. The molecule has 25 heavy (non-hydrogen) atoms. The highest BCUT2D eigenvalue weighted by molar-refractivity contribution is 7.22. The number of thiazole rings is 1. The molecule has 3 aromatic rings. The van der Waals surface area contributed by atoms with Gasteiger partial charge in [-0.25, -0.2) is 4.98 Å². The molecule has 6 nitrogen and oxygen atoms in total. The molecule has 1 saturated heterocycles. The number of anilines is 1. The van der Waals surface area contributed by atoms with Gasteiger partial charge in [0.05, 0.1) is 15.9 Å². The van der Waals surface area contributed by atoms with E-state index < -0.39 is 0 Å². The summed E-state index contributed by atoms with van der Waals surface area (Å²) < 4.78 is 6.32. The van der Waals surface area contributed by atoms with Gasteiger partial charge in [0.2, 0.25) is 5.76 Å². The van der Waals surface area contributed by atoms with Crippen molar-refractivity contribution in [1.29, 1.82) is 0 Å².